The summed E-state index contributed by atoms with van der Waals surface area (Å²) in [5.41, 5.74) is 0. The number of amides is 1. The number of aliphatic hydroxyl groups is 2. The Kier molecular flexibility index (Phi) is 4.49. The van der Waals surface area contributed by atoms with Crippen LogP contribution in [0.5, 0.6) is 0 Å². The highest BCUT2D eigenvalue weighted by atomic mass is 31.2. The van der Waals surface area contributed by atoms with E-state index >= 15 is 0 Å². The van der Waals surface area contributed by atoms with Gasteiger partial charge in [-0.05, 0) is 0 Å². The molecular formula is C10H15N2O8P. The first-order valence-electron chi connectivity index (χ1n) is 5.87. The standard InChI is InChI=1S/C10H15N2O8P/c1-5-11-7(13)2-3-12(5)10-9(15)8(14)6(20-10)4-19-21(16,17)18/h2-3,6,8-10,14-15H,1,4H2,(H,11,13)(H2,16,17,18)/t6-,8?,9+,10-/m1/s1. The van der Waals surface area contributed by atoms with Crippen molar-refractivity contribution in [3.8, 4) is 0 Å². The monoisotopic (exact) mass is 322 g/mol. The van der Waals surface area contributed by atoms with E-state index in [2.05, 4.69) is 16.4 Å². The van der Waals surface area contributed by atoms with Gasteiger partial charge >= 0.3 is 7.82 Å². The lowest BCUT2D eigenvalue weighted by atomic mass is 10.1. The van der Waals surface area contributed by atoms with Crippen LogP contribution in [0.2, 0.25) is 0 Å². The van der Waals surface area contributed by atoms with Crippen LogP contribution in [0.1, 0.15) is 0 Å². The number of hydrogen-bond acceptors (Lipinski definition) is 7. The van der Waals surface area contributed by atoms with Crippen molar-refractivity contribution in [2.75, 3.05) is 6.61 Å². The molecule has 0 spiro atoms. The van der Waals surface area contributed by atoms with Crippen molar-refractivity contribution in [2.24, 2.45) is 0 Å². The van der Waals surface area contributed by atoms with Crippen molar-refractivity contribution in [3.05, 3.63) is 24.7 Å². The molecule has 1 fully saturated rings. The first-order valence-corrected chi connectivity index (χ1v) is 7.40. The highest BCUT2D eigenvalue weighted by molar-refractivity contribution is 7.46. The molecule has 0 aliphatic carbocycles. The van der Waals surface area contributed by atoms with Gasteiger partial charge < -0.3 is 35.0 Å². The Balaban J connectivity index is 2.06. The van der Waals surface area contributed by atoms with Crippen LogP contribution in [0.4, 0.5) is 0 Å². The maximum Gasteiger partial charge on any atom is 0.469 e. The second kappa shape index (κ2) is 5.85. The molecule has 0 aromatic heterocycles. The predicted molar refractivity (Wildman–Crippen MR) is 66.9 cm³/mol. The molecular weight excluding hydrogens is 307 g/mol. The molecule has 0 saturated carbocycles. The lowest BCUT2D eigenvalue weighted by Crippen LogP contribution is -2.46. The van der Waals surface area contributed by atoms with Crippen molar-refractivity contribution < 1.29 is 38.6 Å². The van der Waals surface area contributed by atoms with Gasteiger partial charge in [0.1, 0.15) is 24.1 Å². The molecule has 118 valence electrons. The molecule has 21 heavy (non-hydrogen) atoms. The number of nitrogens with one attached hydrogen (secondary N) is 1. The molecule has 4 atom stereocenters. The molecule has 1 amide bonds. The summed E-state index contributed by atoms with van der Waals surface area (Å²) in [6, 6.07) is 0. The number of ether oxygens (including phenoxy) is 1. The zero-order valence-electron chi connectivity index (χ0n) is 10.7. The fourth-order valence-electron chi connectivity index (χ4n) is 1.99. The number of carbonyl (C=O) groups is 1. The summed E-state index contributed by atoms with van der Waals surface area (Å²) in [5.74, 6) is -0.263. The van der Waals surface area contributed by atoms with Gasteiger partial charge in [-0.15, -0.1) is 0 Å². The van der Waals surface area contributed by atoms with E-state index in [4.69, 9.17) is 14.5 Å². The van der Waals surface area contributed by atoms with Gasteiger partial charge in [0.05, 0.1) is 6.61 Å². The third-order valence-electron chi connectivity index (χ3n) is 2.98. The molecule has 11 heteroatoms. The summed E-state index contributed by atoms with van der Waals surface area (Å²) in [6.45, 7) is 2.97. The van der Waals surface area contributed by atoms with Crippen LogP contribution in [0.15, 0.2) is 24.7 Å². The maximum absolute atomic E-state index is 11.1. The van der Waals surface area contributed by atoms with E-state index in [1.54, 1.807) is 0 Å². The highest BCUT2D eigenvalue weighted by Gasteiger charge is 2.46. The SMILES string of the molecule is C=C1NC(=O)C=CN1[C@@H]1O[C@H](COP(=O)(O)O)C(O)[C@@H]1O. The summed E-state index contributed by atoms with van der Waals surface area (Å²) < 4.78 is 20.2. The molecule has 5 N–H and O–H groups in total. The second-order valence-corrected chi connectivity index (χ2v) is 5.73. The van der Waals surface area contributed by atoms with E-state index in [-0.39, 0.29) is 5.82 Å². The minimum atomic E-state index is -4.71. The third-order valence-corrected chi connectivity index (χ3v) is 3.47. The van der Waals surface area contributed by atoms with Crippen molar-refractivity contribution in [1.82, 2.24) is 10.2 Å². The molecule has 10 nitrogen and oxygen atoms in total. The number of nitrogens with zero attached hydrogens (tertiary/aromatic N) is 1. The Hall–Kier alpha value is -1.26. The summed E-state index contributed by atoms with van der Waals surface area (Å²) >= 11 is 0. The van der Waals surface area contributed by atoms with Crippen LogP contribution in [-0.2, 0) is 18.6 Å². The van der Waals surface area contributed by atoms with Crippen LogP contribution < -0.4 is 5.32 Å². The predicted octanol–water partition coefficient (Wildman–Crippen LogP) is -2.04. The first-order chi connectivity index (χ1) is 9.69. The molecule has 2 heterocycles. The van der Waals surface area contributed by atoms with Gasteiger partial charge in [0.25, 0.3) is 5.91 Å². The molecule has 0 aromatic carbocycles. The minimum Gasteiger partial charge on any atom is -0.387 e. The summed E-state index contributed by atoms with van der Waals surface area (Å²) in [7, 11) is -4.71. The maximum atomic E-state index is 11.1. The normalized spacial score (nSPS) is 33.4. The number of phosphoric acid groups is 1. The molecule has 0 bridgehead atoms. The quantitative estimate of drug-likeness (QED) is 0.369. The molecule has 2 aliphatic rings. The van der Waals surface area contributed by atoms with Crippen LogP contribution in [0.3, 0.4) is 0 Å². The molecule has 1 saturated heterocycles. The smallest absolute Gasteiger partial charge is 0.387 e. The van der Waals surface area contributed by atoms with E-state index in [1.165, 1.54) is 17.2 Å². The topological polar surface area (TPSA) is 149 Å². The number of rotatable bonds is 4. The number of phosphoric ester groups is 1. The van der Waals surface area contributed by atoms with Crippen LogP contribution in [0.25, 0.3) is 0 Å². The lowest BCUT2D eigenvalue weighted by molar-refractivity contribution is -0.118. The number of aliphatic hydroxyl groups excluding tert-OH is 2. The van der Waals surface area contributed by atoms with Gasteiger partial charge in [-0.25, -0.2) is 4.57 Å². The van der Waals surface area contributed by atoms with Crippen molar-refractivity contribution >= 4 is 13.7 Å². The highest BCUT2D eigenvalue weighted by Crippen LogP contribution is 2.37. The largest absolute Gasteiger partial charge is 0.469 e. The van der Waals surface area contributed by atoms with Gasteiger partial charge in [-0.1, -0.05) is 6.58 Å². The lowest BCUT2D eigenvalue weighted by Gasteiger charge is -2.32. The van der Waals surface area contributed by atoms with Crippen molar-refractivity contribution in [2.45, 2.75) is 24.5 Å². The van der Waals surface area contributed by atoms with Crippen LogP contribution in [0, 0.1) is 0 Å². The van der Waals surface area contributed by atoms with Gasteiger partial charge in [0, 0.05) is 12.3 Å². The van der Waals surface area contributed by atoms with Gasteiger partial charge in [0.2, 0.25) is 0 Å². The molecule has 2 aliphatic heterocycles. The fourth-order valence-corrected chi connectivity index (χ4v) is 2.33. The zero-order chi connectivity index (χ0) is 15.8. The molecule has 2 rings (SSSR count). The molecule has 0 aromatic rings. The summed E-state index contributed by atoms with van der Waals surface area (Å²) in [6.07, 6.45) is -2.52. The van der Waals surface area contributed by atoms with Crippen molar-refractivity contribution in [1.29, 1.82) is 0 Å². The Morgan fingerprint density at radius 2 is 2.10 bits per heavy atom. The van der Waals surface area contributed by atoms with E-state index in [9.17, 15) is 19.6 Å². The third kappa shape index (κ3) is 3.69. The zero-order valence-corrected chi connectivity index (χ0v) is 11.6. The Bertz CT molecular complexity index is 517. The van der Waals surface area contributed by atoms with E-state index in [0.29, 0.717) is 0 Å². The van der Waals surface area contributed by atoms with E-state index in [1.807, 2.05) is 0 Å². The minimum absolute atomic E-state index is 0.135. The van der Waals surface area contributed by atoms with Gasteiger partial charge in [0.15, 0.2) is 6.23 Å². The summed E-state index contributed by atoms with van der Waals surface area (Å²) in [4.78, 5) is 29.6. The van der Waals surface area contributed by atoms with Crippen molar-refractivity contribution in [3.63, 3.8) is 0 Å². The summed E-state index contributed by atoms with van der Waals surface area (Å²) in [5, 5.41) is 22.1. The molecule has 1 unspecified atom stereocenters. The Labute approximate surface area is 119 Å². The average molecular weight is 322 g/mol. The average Bonchev–Trinajstić information content (AvgIpc) is 2.64. The van der Waals surface area contributed by atoms with Gasteiger partial charge in [-0.2, -0.15) is 0 Å². The van der Waals surface area contributed by atoms with Crippen LogP contribution >= 0.6 is 7.82 Å². The Morgan fingerprint density at radius 3 is 2.67 bits per heavy atom. The van der Waals surface area contributed by atoms with Crippen LogP contribution in [-0.4, -0.2) is 62.0 Å². The van der Waals surface area contributed by atoms with Gasteiger partial charge in [-0.3, -0.25) is 9.32 Å². The Morgan fingerprint density at radius 1 is 1.43 bits per heavy atom. The van der Waals surface area contributed by atoms with E-state index < -0.39 is 44.9 Å². The first kappa shape index (κ1) is 16.1. The number of hydrogen-bond donors (Lipinski definition) is 5. The fraction of sp³-hybridized carbons (Fsp3) is 0.500. The van der Waals surface area contributed by atoms with E-state index in [0.717, 1.165) is 0 Å². The number of carbonyl (C=O) groups excluding carboxylic acids is 1. The molecule has 0 radical (unpaired) electrons. The second-order valence-electron chi connectivity index (χ2n) is 4.49.